The Balaban J connectivity index is 2.14. The summed E-state index contributed by atoms with van der Waals surface area (Å²) in [5.74, 6) is -1.34. The molecule has 0 aliphatic heterocycles. The lowest BCUT2D eigenvalue weighted by Gasteiger charge is -1.98. The Bertz CT molecular complexity index is 504. The molecule has 2 N–H and O–H groups in total. The van der Waals surface area contributed by atoms with Gasteiger partial charge in [0.15, 0.2) is 0 Å². The summed E-state index contributed by atoms with van der Waals surface area (Å²) in [7, 11) is 0. The predicted octanol–water partition coefficient (Wildman–Crippen LogP) is 2.26. The van der Waals surface area contributed by atoms with E-state index >= 15 is 0 Å². The SMILES string of the molecule is Nc1ccc(Cc2nc(C(F)(F)F)no2)cc1. The van der Waals surface area contributed by atoms with Crippen LogP contribution in [-0.4, -0.2) is 10.1 Å². The van der Waals surface area contributed by atoms with Gasteiger partial charge in [-0.05, 0) is 17.7 Å². The molecule has 0 radical (unpaired) electrons. The van der Waals surface area contributed by atoms with Crippen molar-refractivity contribution in [3.63, 3.8) is 0 Å². The molecule has 0 aliphatic rings. The third-order valence-electron chi connectivity index (χ3n) is 2.06. The molecule has 2 rings (SSSR count). The van der Waals surface area contributed by atoms with Gasteiger partial charge in [-0.25, -0.2) is 0 Å². The Morgan fingerprint density at radius 3 is 2.35 bits per heavy atom. The van der Waals surface area contributed by atoms with Gasteiger partial charge in [-0.2, -0.15) is 18.2 Å². The van der Waals surface area contributed by atoms with E-state index in [2.05, 4.69) is 14.7 Å². The quantitative estimate of drug-likeness (QED) is 0.821. The molecule has 1 aromatic carbocycles. The summed E-state index contributed by atoms with van der Waals surface area (Å²) in [6.07, 6.45) is -4.44. The van der Waals surface area contributed by atoms with Gasteiger partial charge in [-0.1, -0.05) is 17.3 Å². The smallest absolute Gasteiger partial charge is 0.399 e. The van der Waals surface area contributed by atoms with Gasteiger partial charge >= 0.3 is 6.18 Å². The van der Waals surface area contributed by atoms with Crippen LogP contribution in [0.3, 0.4) is 0 Å². The summed E-state index contributed by atoms with van der Waals surface area (Å²) < 4.78 is 41.1. The van der Waals surface area contributed by atoms with Gasteiger partial charge in [0.25, 0.3) is 5.82 Å². The van der Waals surface area contributed by atoms with Crippen LogP contribution in [0.25, 0.3) is 0 Å². The van der Waals surface area contributed by atoms with Gasteiger partial charge in [-0.3, -0.25) is 0 Å². The summed E-state index contributed by atoms with van der Waals surface area (Å²) in [5, 5.41) is 2.87. The number of hydrogen-bond acceptors (Lipinski definition) is 4. The van der Waals surface area contributed by atoms with Crippen molar-refractivity contribution in [2.75, 3.05) is 5.73 Å². The van der Waals surface area contributed by atoms with Crippen molar-refractivity contribution in [3.05, 3.63) is 41.5 Å². The first-order chi connectivity index (χ1) is 7.95. The van der Waals surface area contributed by atoms with E-state index in [1.165, 1.54) is 0 Å². The molecular formula is C10H8F3N3O. The number of anilines is 1. The van der Waals surface area contributed by atoms with Gasteiger partial charge in [0.2, 0.25) is 5.89 Å². The van der Waals surface area contributed by atoms with E-state index in [9.17, 15) is 13.2 Å². The predicted molar refractivity (Wildman–Crippen MR) is 53.0 cm³/mol. The van der Waals surface area contributed by atoms with Gasteiger partial charge in [0.1, 0.15) is 0 Å². The van der Waals surface area contributed by atoms with Crippen LogP contribution in [-0.2, 0) is 12.6 Å². The second-order valence-electron chi connectivity index (χ2n) is 3.43. The fourth-order valence-electron chi connectivity index (χ4n) is 1.25. The maximum Gasteiger partial charge on any atom is 0.455 e. The maximum absolute atomic E-state index is 12.2. The number of benzene rings is 1. The standard InChI is InChI=1S/C10H8F3N3O/c11-10(12,13)9-15-8(17-16-9)5-6-1-3-7(14)4-2-6/h1-4H,5,14H2. The molecule has 0 saturated carbocycles. The summed E-state index contributed by atoms with van der Waals surface area (Å²) >= 11 is 0. The lowest BCUT2D eigenvalue weighted by atomic mass is 10.1. The highest BCUT2D eigenvalue weighted by Crippen LogP contribution is 2.26. The monoisotopic (exact) mass is 243 g/mol. The van der Waals surface area contributed by atoms with Crippen LogP contribution in [0.4, 0.5) is 18.9 Å². The number of alkyl halides is 3. The van der Waals surface area contributed by atoms with Crippen LogP contribution >= 0.6 is 0 Å². The van der Waals surface area contributed by atoms with E-state index in [-0.39, 0.29) is 12.3 Å². The summed E-state index contributed by atoms with van der Waals surface area (Å²) in [6.45, 7) is 0. The largest absolute Gasteiger partial charge is 0.455 e. The van der Waals surface area contributed by atoms with Crippen LogP contribution in [0.2, 0.25) is 0 Å². The molecule has 0 spiro atoms. The van der Waals surface area contributed by atoms with Crippen LogP contribution in [0.1, 0.15) is 17.3 Å². The highest BCUT2D eigenvalue weighted by molar-refractivity contribution is 5.39. The number of hydrogen-bond donors (Lipinski definition) is 1. The Labute approximate surface area is 94.2 Å². The molecule has 4 nitrogen and oxygen atoms in total. The zero-order chi connectivity index (χ0) is 12.5. The molecule has 0 amide bonds. The number of halogens is 3. The zero-order valence-electron chi connectivity index (χ0n) is 8.53. The van der Waals surface area contributed by atoms with Gasteiger partial charge in [0, 0.05) is 5.69 Å². The average Bonchev–Trinajstić information content (AvgIpc) is 2.69. The second kappa shape index (κ2) is 4.08. The molecule has 0 saturated heterocycles. The Morgan fingerprint density at radius 2 is 1.82 bits per heavy atom. The van der Waals surface area contributed by atoms with Crippen molar-refractivity contribution >= 4 is 5.69 Å². The molecule has 2 aromatic rings. The molecule has 0 aliphatic carbocycles. The topological polar surface area (TPSA) is 64.9 Å². The molecule has 1 heterocycles. The Morgan fingerprint density at radius 1 is 1.18 bits per heavy atom. The van der Waals surface area contributed by atoms with Crippen molar-refractivity contribution in [3.8, 4) is 0 Å². The van der Waals surface area contributed by atoms with E-state index in [0.717, 1.165) is 5.56 Å². The first-order valence-electron chi connectivity index (χ1n) is 4.69. The first-order valence-corrected chi connectivity index (χ1v) is 4.69. The number of nitrogen functional groups attached to an aromatic ring is 1. The van der Waals surface area contributed by atoms with E-state index in [4.69, 9.17) is 5.73 Å². The Kier molecular flexibility index (Phi) is 2.74. The molecule has 0 bridgehead atoms. The molecule has 0 fully saturated rings. The van der Waals surface area contributed by atoms with Gasteiger partial charge in [0.05, 0.1) is 6.42 Å². The van der Waals surface area contributed by atoms with E-state index in [1.54, 1.807) is 24.3 Å². The Hall–Kier alpha value is -2.05. The third-order valence-corrected chi connectivity index (χ3v) is 2.06. The molecule has 0 unspecified atom stereocenters. The minimum absolute atomic E-state index is 0.0814. The fourth-order valence-corrected chi connectivity index (χ4v) is 1.25. The van der Waals surface area contributed by atoms with Crippen molar-refractivity contribution in [1.82, 2.24) is 10.1 Å². The highest BCUT2D eigenvalue weighted by Gasteiger charge is 2.37. The van der Waals surface area contributed by atoms with Gasteiger partial charge < -0.3 is 10.3 Å². The van der Waals surface area contributed by atoms with Crippen LogP contribution in [0, 0.1) is 0 Å². The van der Waals surface area contributed by atoms with Crippen LogP contribution < -0.4 is 5.73 Å². The molecule has 0 atom stereocenters. The molecule has 1 aromatic heterocycles. The van der Waals surface area contributed by atoms with Crippen molar-refractivity contribution < 1.29 is 17.7 Å². The van der Waals surface area contributed by atoms with Gasteiger partial charge in [-0.15, -0.1) is 0 Å². The third kappa shape index (κ3) is 2.74. The van der Waals surface area contributed by atoms with E-state index in [0.29, 0.717) is 5.69 Å². The van der Waals surface area contributed by atoms with E-state index < -0.39 is 12.0 Å². The lowest BCUT2D eigenvalue weighted by Crippen LogP contribution is -2.07. The van der Waals surface area contributed by atoms with Crippen LogP contribution in [0.15, 0.2) is 28.8 Å². The van der Waals surface area contributed by atoms with Crippen molar-refractivity contribution in [2.24, 2.45) is 0 Å². The summed E-state index contributed by atoms with van der Waals surface area (Å²) in [4.78, 5) is 3.27. The zero-order valence-corrected chi connectivity index (χ0v) is 8.53. The lowest BCUT2D eigenvalue weighted by molar-refractivity contribution is -0.146. The number of nitrogens with zero attached hydrogens (tertiary/aromatic N) is 2. The summed E-state index contributed by atoms with van der Waals surface area (Å²) in [6, 6.07) is 6.67. The minimum atomic E-state index is -4.58. The highest BCUT2D eigenvalue weighted by atomic mass is 19.4. The molecule has 7 heteroatoms. The van der Waals surface area contributed by atoms with Crippen molar-refractivity contribution in [2.45, 2.75) is 12.6 Å². The molecule has 17 heavy (non-hydrogen) atoms. The molecular weight excluding hydrogens is 235 g/mol. The molecule has 90 valence electrons. The maximum atomic E-state index is 12.2. The second-order valence-corrected chi connectivity index (χ2v) is 3.43. The number of aromatic nitrogens is 2. The van der Waals surface area contributed by atoms with E-state index in [1.807, 2.05) is 0 Å². The minimum Gasteiger partial charge on any atom is -0.399 e. The summed E-state index contributed by atoms with van der Waals surface area (Å²) in [5.41, 5.74) is 6.81. The normalized spacial score (nSPS) is 11.7. The van der Waals surface area contributed by atoms with Crippen LogP contribution in [0.5, 0.6) is 0 Å². The first kappa shape index (κ1) is 11.4. The average molecular weight is 243 g/mol. The number of nitrogens with two attached hydrogens (primary N) is 1. The van der Waals surface area contributed by atoms with Crippen molar-refractivity contribution in [1.29, 1.82) is 0 Å². The fraction of sp³-hybridized carbons (Fsp3) is 0.200. The number of rotatable bonds is 2.